The van der Waals surface area contributed by atoms with E-state index >= 15 is 0 Å². The van der Waals surface area contributed by atoms with Crippen LogP contribution in [0.5, 0.6) is 0 Å². The second kappa shape index (κ2) is 7.29. The van der Waals surface area contributed by atoms with Crippen LogP contribution in [0.3, 0.4) is 0 Å². The van der Waals surface area contributed by atoms with Gasteiger partial charge in [-0.1, -0.05) is 0 Å². The molecule has 0 fully saturated rings. The third-order valence-electron chi connectivity index (χ3n) is 1.95. The molecule has 0 atom stereocenters. The van der Waals surface area contributed by atoms with Crippen LogP contribution in [0.25, 0.3) is 0 Å². The van der Waals surface area contributed by atoms with Crippen molar-refractivity contribution in [3.8, 4) is 12.3 Å². The maximum Gasteiger partial charge on any atom is 0.355 e. The van der Waals surface area contributed by atoms with Crippen LogP contribution in [0.4, 0.5) is 4.79 Å². The number of aromatic carboxylic acids is 1. The fraction of sp³-hybridized carbons (Fsp3) is 0.364. The molecule has 0 aliphatic rings. The Morgan fingerprint density at radius 2 is 2.28 bits per heavy atom. The number of unbranched alkanes of at least 4 members (excludes halogenated alkanes) is 1. The van der Waals surface area contributed by atoms with Crippen molar-refractivity contribution in [3.05, 3.63) is 16.1 Å². The summed E-state index contributed by atoms with van der Waals surface area (Å²) in [4.78, 5) is 25.7. The Kier molecular flexibility index (Phi) is 5.67. The lowest BCUT2D eigenvalue weighted by atomic mass is 10.3. The average Bonchev–Trinajstić information content (AvgIpc) is 2.81. The SMILES string of the molecule is C#CCCCNC(=O)NCc1nc(C(=O)O)cs1. The van der Waals surface area contributed by atoms with Crippen LogP contribution in [0.2, 0.25) is 0 Å². The van der Waals surface area contributed by atoms with Gasteiger partial charge in [0, 0.05) is 18.3 Å². The highest BCUT2D eigenvalue weighted by atomic mass is 32.1. The van der Waals surface area contributed by atoms with Gasteiger partial charge >= 0.3 is 12.0 Å². The highest BCUT2D eigenvalue weighted by molar-refractivity contribution is 7.09. The van der Waals surface area contributed by atoms with Gasteiger partial charge in [0.1, 0.15) is 5.01 Å². The Bertz CT molecular complexity index is 464. The summed E-state index contributed by atoms with van der Waals surface area (Å²) in [6.07, 6.45) is 6.42. The maximum atomic E-state index is 11.3. The number of hydrogen-bond donors (Lipinski definition) is 3. The second-order valence-corrected chi connectivity index (χ2v) is 4.29. The Balaban J connectivity index is 2.25. The molecule has 0 aliphatic heterocycles. The fourth-order valence-electron chi connectivity index (χ4n) is 1.10. The Morgan fingerprint density at radius 1 is 1.50 bits per heavy atom. The molecule has 6 nitrogen and oxygen atoms in total. The third-order valence-corrected chi connectivity index (χ3v) is 2.80. The molecule has 1 aromatic heterocycles. The number of carboxylic acids is 1. The van der Waals surface area contributed by atoms with E-state index in [1.54, 1.807) is 0 Å². The van der Waals surface area contributed by atoms with Crippen molar-refractivity contribution in [2.24, 2.45) is 0 Å². The molecule has 0 saturated carbocycles. The lowest BCUT2D eigenvalue weighted by Gasteiger charge is -2.04. The summed E-state index contributed by atoms with van der Waals surface area (Å²) in [6, 6.07) is -0.320. The number of urea groups is 1. The third kappa shape index (κ3) is 4.84. The number of hydrogen-bond acceptors (Lipinski definition) is 4. The zero-order valence-electron chi connectivity index (χ0n) is 9.60. The first-order chi connectivity index (χ1) is 8.63. The number of thiazole rings is 1. The predicted octanol–water partition coefficient (Wildman–Crippen LogP) is 1.05. The summed E-state index contributed by atoms with van der Waals surface area (Å²) in [5.74, 6) is 1.40. The van der Waals surface area contributed by atoms with E-state index in [0.717, 1.165) is 6.42 Å². The van der Waals surface area contributed by atoms with E-state index in [2.05, 4.69) is 21.5 Å². The highest BCUT2D eigenvalue weighted by Gasteiger charge is 2.09. The summed E-state index contributed by atoms with van der Waals surface area (Å²) < 4.78 is 0. The van der Waals surface area contributed by atoms with Crippen molar-refractivity contribution >= 4 is 23.3 Å². The Hall–Kier alpha value is -2.07. The van der Waals surface area contributed by atoms with Crippen LogP contribution in [-0.2, 0) is 6.54 Å². The molecule has 0 saturated heterocycles. The van der Waals surface area contributed by atoms with Crippen LogP contribution >= 0.6 is 11.3 Å². The average molecular weight is 267 g/mol. The quantitative estimate of drug-likeness (QED) is 0.531. The summed E-state index contributed by atoms with van der Waals surface area (Å²) in [5.41, 5.74) is -0.00812. The fourth-order valence-corrected chi connectivity index (χ4v) is 1.81. The molecule has 0 radical (unpaired) electrons. The number of carbonyl (C=O) groups is 2. The molecule has 96 valence electrons. The number of amides is 2. The monoisotopic (exact) mass is 267 g/mol. The van der Waals surface area contributed by atoms with E-state index in [1.807, 2.05) is 0 Å². The van der Waals surface area contributed by atoms with Crippen molar-refractivity contribution in [3.63, 3.8) is 0 Å². The molecule has 1 heterocycles. The first-order valence-corrected chi connectivity index (χ1v) is 6.14. The minimum atomic E-state index is -1.07. The first kappa shape index (κ1) is 14.0. The van der Waals surface area contributed by atoms with Crippen molar-refractivity contribution < 1.29 is 14.7 Å². The maximum absolute atomic E-state index is 11.3. The minimum absolute atomic E-state index is 0.00812. The van der Waals surface area contributed by atoms with Crippen molar-refractivity contribution in [1.82, 2.24) is 15.6 Å². The summed E-state index contributed by atoms with van der Waals surface area (Å²) in [6.45, 7) is 0.715. The second-order valence-electron chi connectivity index (χ2n) is 3.35. The number of carboxylic acid groups (broad SMARTS) is 1. The number of terminal acetylenes is 1. The molecule has 1 rings (SSSR count). The van der Waals surface area contributed by atoms with Gasteiger partial charge in [0.25, 0.3) is 0 Å². The molecule has 0 aromatic carbocycles. The Morgan fingerprint density at radius 3 is 2.89 bits per heavy atom. The van der Waals surface area contributed by atoms with Gasteiger partial charge in [-0.2, -0.15) is 0 Å². The molecule has 1 aromatic rings. The molecule has 7 heteroatoms. The van der Waals surface area contributed by atoms with E-state index < -0.39 is 5.97 Å². The molecule has 3 N–H and O–H groups in total. The molecular weight excluding hydrogens is 254 g/mol. The van der Waals surface area contributed by atoms with Gasteiger partial charge in [-0.15, -0.1) is 23.7 Å². The van der Waals surface area contributed by atoms with Crippen molar-refractivity contribution in [2.45, 2.75) is 19.4 Å². The van der Waals surface area contributed by atoms with E-state index in [4.69, 9.17) is 11.5 Å². The number of carbonyl (C=O) groups excluding carboxylic acids is 1. The molecule has 0 spiro atoms. The topological polar surface area (TPSA) is 91.3 Å². The van der Waals surface area contributed by atoms with Crippen LogP contribution in [0, 0.1) is 12.3 Å². The molecule has 0 unspecified atom stereocenters. The van der Waals surface area contributed by atoms with E-state index in [9.17, 15) is 9.59 Å². The largest absolute Gasteiger partial charge is 0.476 e. The van der Waals surface area contributed by atoms with Crippen LogP contribution < -0.4 is 10.6 Å². The summed E-state index contributed by atoms with van der Waals surface area (Å²) >= 11 is 1.19. The Labute approximate surface area is 108 Å². The lowest BCUT2D eigenvalue weighted by molar-refractivity contribution is 0.0691. The van der Waals surface area contributed by atoms with Gasteiger partial charge in [0.2, 0.25) is 0 Å². The van der Waals surface area contributed by atoms with Gasteiger partial charge in [-0.3, -0.25) is 0 Å². The van der Waals surface area contributed by atoms with E-state index in [1.165, 1.54) is 16.7 Å². The summed E-state index contributed by atoms with van der Waals surface area (Å²) in [7, 11) is 0. The number of nitrogens with one attached hydrogen (secondary N) is 2. The smallest absolute Gasteiger partial charge is 0.355 e. The van der Waals surface area contributed by atoms with Gasteiger partial charge < -0.3 is 15.7 Å². The number of nitrogens with zero attached hydrogens (tertiary/aromatic N) is 1. The normalized spacial score (nSPS) is 9.50. The molecule has 0 aliphatic carbocycles. The summed E-state index contributed by atoms with van der Waals surface area (Å²) in [5, 5.41) is 15.9. The molecule has 0 bridgehead atoms. The molecule has 18 heavy (non-hydrogen) atoms. The van der Waals surface area contributed by atoms with Gasteiger partial charge in [-0.05, 0) is 6.42 Å². The van der Waals surface area contributed by atoms with Crippen molar-refractivity contribution in [1.29, 1.82) is 0 Å². The standard InChI is InChI=1S/C11H13N3O3S/c1-2-3-4-5-12-11(17)13-6-9-14-8(7-18-9)10(15)16/h1,7H,3-6H2,(H,15,16)(H2,12,13,17). The number of rotatable bonds is 6. The minimum Gasteiger partial charge on any atom is -0.476 e. The van der Waals surface area contributed by atoms with Crippen LogP contribution in [-0.4, -0.2) is 28.6 Å². The van der Waals surface area contributed by atoms with E-state index in [-0.39, 0.29) is 18.3 Å². The number of aromatic nitrogens is 1. The zero-order valence-corrected chi connectivity index (χ0v) is 10.4. The van der Waals surface area contributed by atoms with Crippen LogP contribution in [0.1, 0.15) is 28.3 Å². The van der Waals surface area contributed by atoms with Crippen LogP contribution in [0.15, 0.2) is 5.38 Å². The first-order valence-electron chi connectivity index (χ1n) is 5.26. The van der Waals surface area contributed by atoms with Gasteiger partial charge in [0.05, 0.1) is 6.54 Å². The predicted molar refractivity (Wildman–Crippen MR) is 67.4 cm³/mol. The lowest BCUT2D eigenvalue weighted by Crippen LogP contribution is -2.35. The molecule has 2 amide bonds. The zero-order chi connectivity index (χ0) is 13.4. The van der Waals surface area contributed by atoms with E-state index in [0.29, 0.717) is 18.0 Å². The van der Waals surface area contributed by atoms with Gasteiger partial charge in [-0.25, -0.2) is 14.6 Å². The van der Waals surface area contributed by atoms with Gasteiger partial charge in [0.15, 0.2) is 5.69 Å². The van der Waals surface area contributed by atoms with Crippen molar-refractivity contribution in [2.75, 3.05) is 6.54 Å². The molecular formula is C11H13N3O3S. The highest BCUT2D eigenvalue weighted by Crippen LogP contribution is 2.09.